The maximum atomic E-state index is 12.7. The smallest absolute Gasteiger partial charge is 0.256 e. The highest BCUT2D eigenvalue weighted by Gasteiger charge is 2.23. The largest absolute Gasteiger partial charge is 0.339 e. The summed E-state index contributed by atoms with van der Waals surface area (Å²) in [5.74, 6) is -0.335. The van der Waals surface area contributed by atoms with Gasteiger partial charge in [-0.15, -0.1) is 11.8 Å². The first-order chi connectivity index (χ1) is 12.1. The average molecular weight is 375 g/mol. The lowest BCUT2D eigenvalue weighted by Gasteiger charge is -2.18. The third kappa shape index (κ3) is 4.17. The van der Waals surface area contributed by atoms with Crippen LogP contribution in [0.15, 0.2) is 47.4 Å². The molecule has 130 valence electrons. The second-order valence-corrected chi connectivity index (χ2v) is 7.19. The fourth-order valence-corrected chi connectivity index (χ4v) is 3.41. The van der Waals surface area contributed by atoms with Gasteiger partial charge in [-0.1, -0.05) is 11.6 Å². The molecule has 0 unspecified atom stereocenters. The summed E-state index contributed by atoms with van der Waals surface area (Å²) in [7, 11) is 0. The summed E-state index contributed by atoms with van der Waals surface area (Å²) >= 11 is 7.69. The van der Waals surface area contributed by atoms with Gasteiger partial charge in [-0.05, 0) is 61.6 Å². The Kier molecular flexibility index (Phi) is 5.66. The summed E-state index contributed by atoms with van der Waals surface area (Å²) in [6, 6.07) is 12.3. The van der Waals surface area contributed by atoms with Crippen molar-refractivity contribution >= 4 is 40.9 Å². The molecule has 1 saturated heterocycles. The van der Waals surface area contributed by atoms with Gasteiger partial charge >= 0.3 is 0 Å². The Labute approximate surface area is 156 Å². The molecule has 3 rings (SSSR count). The van der Waals surface area contributed by atoms with Crippen LogP contribution in [-0.2, 0) is 0 Å². The fraction of sp³-hybridized carbons (Fsp3) is 0.263. The Balaban J connectivity index is 1.83. The molecule has 1 aliphatic rings. The van der Waals surface area contributed by atoms with E-state index < -0.39 is 0 Å². The van der Waals surface area contributed by atoms with Crippen molar-refractivity contribution in [3.63, 3.8) is 0 Å². The lowest BCUT2D eigenvalue weighted by atomic mass is 10.1. The number of carbonyl (C=O) groups excluding carboxylic acids is 2. The Morgan fingerprint density at radius 3 is 2.40 bits per heavy atom. The number of nitrogens with one attached hydrogen (secondary N) is 1. The SMILES string of the molecule is CSc1ccc(C(=O)Nc2ccc(Cl)cc2C(=O)N2CCCC2)cc1. The number of anilines is 1. The lowest BCUT2D eigenvalue weighted by Crippen LogP contribution is -2.28. The van der Waals surface area contributed by atoms with E-state index in [1.807, 2.05) is 18.4 Å². The Bertz CT molecular complexity index is 787. The molecule has 25 heavy (non-hydrogen) atoms. The van der Waals surface area contributed by atoms with E-state index in [1.165, 1.54) is 0 Å². The van der Waals surface area contributed by atoms with Gasteiger partial charge in [0.05, 0.1) is 11.3 Å². The molecule has 0 aliphatic carbocycles. The standard InChI is InChI=1S/C19H19ClN2O2S/c1-25-15-7-4-13(5-8-15)18(23)21-17-9-6-14(20)12-16(17)19(24)22-10-2-3-11-22/h4-9,12H,2-3,10-11H2,1H3,(H,21,23). The van der Waals surface area contributed by atoms with Gasteiger partial charge in [0, 0.05) is 28.6 Å². The van der Waals surface area contributed by atoms with E-state index in [1.54, 1.807) is 47.0 Å². The van der Waals surface area contributed by atoms with E-state index >= 15 is 0 Å². The van der Waals surface area contributed by atoms with Crippen molar-refractivity contribution in [1.82, 2.24) is 4.90 Å². The lowest BCUT2D eigenvalue weighted by molar-refractivity contribution is 0.0794. The van der Waals surface area contributed by atoms with Gasteiger partial charge in [0.25, 0.3) is 11.8 Å². The number of carbonyl (C=O) groups is 2. The van der Waals surface area contributed by atoms with Crippen LogP contribution in [0.3, 0.4) is 0 Å². The van der Waals surface area contributed by atoms with Gasteiger partial charge < -0.3 is 10.2 Å². The maximum absolute atomic E-state index is 12.7. The minimum atomic E-state index is -0.245. The number of likely N-dealkylation sites (tertiary alicyclic amines) is 1. The molecule has 0 aromatic heterocycles. The van der Waals surface area contributed by atoms with Crippen LogP contribution in [0.25, 0.3) is 0 Å². The Morgan fingerprint density at radius 2 is 1.76 bits per heavy atom. The van der Waals surface area contributed by atoms with Crippen LogP contribution < -0.4 is 5.32 Å². The number of amides is 2. The van der Waals surface area contributed by atoms with Crippen LogP contribution in [0.4, 0.5) is 5.69 Å². The summed E-state index contributed by atoms with van der Waals surface area (Å²) in [5.41, 5.74) is 1.47. The maximum Gasteiger partial charge on any atom is 0.256 e. The van der Waals surface area contributed by atoms with Crippen molar-refractivity contribution in [2.75, 3.05) is 24.7 Å². The Hall–Kier alpha value is -1.98. The van der Waals surface area contributed by atoms with E-state index in [4.69, 9.17) is 11.6 Å². The van der Waals surface area contributed by atoms with E-state index in [9.17, 15) is 9.59 Å². The van der Waals surface area contributed by atoms with Crippen molar-refractivity contribution in [3.05, 3.63) is 58.6 Å². The average Bonchev–Trinajstić information content (AvgIpc) is 3.17. The summed E-state index contributed by atoms with van der Waals surface area (Å²) < 4.78 is 0. The number of hydrogen-bond acceptors (Lipinski definition) is 3. The first-order valence-electron chi connectivity index (χ1n) is 8.13. The number of rotatable bonds is 4. The summed E-state index contributed by atoms with van der Waals surface area (Å²) in [6.07, 6.45) is 4.00. The highest BCUT2D eigenvalue weighted by molar-refractivity contribution is 7.98. The molecular formula is C19H19ClN2O2S. The molecule has 0 radical (unpaired) electrons. The number of benzene rings is 2. The third-order valence-corrected chi connectivity index (χ3v) is 5.18. The number of nitrogens with zero attached hydrogens (tertiary/aromatic N) is 1. The minimum Gasteiger partial charge on any atom is -0.339 e. The zero-order chi connectivity index (χ0) is 17.8. The molecule has 2 aromatic rings. The van der Waals surface area contributed by atoms with Crippen molar-refractivity contribution < 1.29 is 9.59 Å². The van der Waals surface area contributed by atoms with Crippen LogP contribution in [0.5, 0.6) is 0 Å². The summed E-state index contributed by atoms with van der Waals surface area (Å²) in [5, 5.41) is 3.32. The molecule has 1 heterocycles. The molecule has 0 atom stereocenters. The Morgan fingerprint density at radius 1 is 1.08 bits per heavy atom. The van der Waals surface area contributed by atoms with Gasteiger partial charge in [0.1, 0.15) is 0 Å². The molecule has 2 amide bonds. The molecule has 4 nitrogen and oxygen atoms in total. The molecule has 1 N–H and O–H groups in total. The topological polar surface area (TPSA) is 49.4 Å². The van der Waals surface area contributed by atoms with Crippen LogP contribution in [0.1, 0.15) is 33.6 Å². The van der Waals surface area contributed by atoms with Crippen molar-refractivity contribution in [3.8, 4) is 0 Å². The first kappa shape index (κ1) is 17.8. The van der Waals surface area contributed by atoms with E-state index in [0.29, 0.717) is 21.8 Å². The van der Waals surface area contributed by atoms with E-state index in [2.05, 4.69) is 5.32 Å². The molecule has 0 bridgehead atoms. The highest BCUT2D eigenvalue weighted by Crippen LogP contribution is 2.25. The molecule has 0 spiro atoms. The monoisotopic (exact) mass is 374 g/mol. The van der Waals surface area contributed by atoms with Crippen molar-refractivity contribution in [2.24, 2.45) is 0 Å². The van der Waals surface area contributed by atoms with Gasteiger partial charge in [-0.25, -0.2) is 0 Å². The molecule has 1 fully saturated rings. The van der Waals surface area contributed by atoms with Crippen LogP contribution in [0.2, 0.25) is 5.02 Å². The van der Waals surface area contributed by atoms with Crippen molar-refractivity contribution in [2.45, 2.75) is 17.7 Å². The highest BCUT2D eigenvalue weighted by atomic mass is 35.5. The number of thioether (sulfide) groups is 1. The molecular weight excluding hydrogens is 356 g/mol. The van der Waals surface area contributed by atoms with Crippen molar-refractivity contribution in [1.29, 1.82) is 0 Å². The molecule has 1 aliphatic heterocycles. The predicted molar refractivity (Wildman–Crippen MR) is 103 cm³/mol. The second kappa shape index (κ2) is 7.93. The molecule has 2 aromatic carbocycles. The zero-order valence-corrected chi connectivity index (χ0v) is 15.5. The van der Waals surface area contributed by atoms with Crippen LogP contribution in [0, 0.1) is 0 Å². The third-order valence-electron chi connectivity index (χ3n) is 4.21. The molecule has 0 saturated carbocycles. The van der Waals surface area contributed by atoms with Gasteiger partial charge in [0.2, 0.25) is 0 Å². The second-order valence-electron chi connectivity index (χ2n) is 5.87. The van der Waals surface area contributed by atoms with Crippen LogP contribution in [-0.4, -0.2) is 36.1 Å². The number of hydrogen-bond donors (Lipinski definition) is 1. The normalized spacial score (nSPS) is 13.8. The van der Waals surface area contributed by atoms with E-state index in [0.717, 1.165) is 30.8 Å². The summed E-state index contributed by atoms with van der Waals surface area (Å²) in [6.45, 7) is 1.49. The van der Waals surface area contributed by atoms with Gasteiger partial charge in [-0.2, -0.15) is 0 Å². The van der Waals surface area contributed by atoms with Crippen LogP contribution >= 0.6 is 23.4 Å². The fourth-order valence-electron chi connectivity index (χ4n) is 2.83. The quantitative estimate of drug-likeness (QED) is 0.798. The number of halogens is 1. The van der Waals surface area contributed by atoms with E-state index in [-0.39, 0.29) is 11.8 Å². The zero-order valence-electron chi connectivity index (χ0n) is 13.9. The molecule has 6 heteroatoms. The summed E-state index contributed by atoms with van der Waals surface area (Å²) in [4.78, 5) is 28.1. The predicted octanol–water partition coefficient (Wildman–Crippen LogP) is 4.55. The first-order valence-corrected chi connectivity index (χ1v) is 9.73. The van der Waals surface area contributed by atoms with Gasteiger partial charge in [0.15, 0.2) is 0 Å². The van der Waals surface area contributed by atoms with Gasteiger partial charge in [-0.3, -0.25) is 9.59 Å². The minimum absolute atomic E-state index is 0.0898.